The quantitative estimate of drug-likeness (QED) is 0.446. The molecule has 0 bridgehead atoms. The van der Waals surface area contributed by atoms with Gasteiger partial charge in [-0.05, 0) is 6.42 Å². The largest absolute Gasteiger partial charge is 0.464 e. The normalized spacial score (nSPS) is 11.9. The molecule has 0 unspecified atom stereocenters. The fraction of sp³-hybridized carbons (Fsp3) is 0.750. The molecule has 0 saturated heterocycles. The van der Waals surface area contributed by atoms with Crippen LogP contribution >= 0.6 is 0 Å². The highest BCUT2D eigenvalue weighted by molar-refractivity contribution is 5.81. The molecule has 0 aliphatic rings. The predicted octanol–water partition coefficient (Wildman–Crippen LogP) is -0.597. The number of esters is 1. The van der Waals surface area contributed by atoms with E-state index in [4.69, 9.17) is 5.73 Å². The van der Waals surface area contributed by atoms with Crippen LogP contribution in [0.1, 0.15) is 20.3 Å². The molecule has 0 aliphatic heterocycles. The van der Waals surface area contributed by atoms with Crippen molar-refractivity contribution in [1.29, 1.82) is 0 Å². The number of hydrogen-bond acceptors (Lipinski definition) is 4. The molecule has 3 N–H and O–H groups in total. The number of nitrogens with two attached hydrogens (primary N) is 1. The molecule has 5 nitrogen and oxygen atoms in total. The zero-order valence-electron chi connectivity index (χ0n) is 8.00. The van der Waals surface area contributed by atoms with E-state index in [1.165, 1.54) is 6.92 Å². The van der Waals surface area contributed by atoms with Gasteiger partial charge in [-0.15, -0.1) is 0 Å². The van der Waals surface area contributed by atoms with Crippen LogP contribution in [0.25, 0.3) is 0 Å². The lowest BCUT2D eigenvalue weighted by Crippen LogP contribution is -2.41. The Balaban J connectivity index is 3.42. The first-order chi connectivity index (χ1) is 6.07. The Labute approximate surface area is 77.6 Å². The van der Waals surface area contributed by atoms with Gasteiger partial charge in [0.1, 0.15) is 6.61 Å². The van der Waals surface area contributed by atoms with E-state index < -0.39 is 6.04 Å². The van der Waals surface area contributed by atoms with E-state index >= 15 is 0 Å². The van der Waals surface area contributed by atoms with E-state index in [0.717, 1.165) is 0 Å². The Morgan fingerprint density at radius 2 is 2.15 bits per heavy atom. The summed E-state index contributed by atoms with van der Waals surface area (Å²) >= 11 is 0. The van der Waals surface area contributed by atoms with E-state index in [0.29, 0.717) is 13.0 Å². The van der Waals surface area contributed by atoms with E-state index in [9.17, 15) is 9.59 Å². The fourth-order valence-corrected chi connectivity index (χ4v) is 0.685. The van der Waals surface area contributed by atoms with Crippen molar-refractivity contribution in [2.75, 3.05) is 13.2 Å². The molecule has 0 heterocycles. The van der Waals surface area contributed by atoms with Crippen molar-refractivity contribution < 1.29 is 14.3 Å². The van der Waals surface area contributed by atoms with Crippen molar-refractivity contribution in [3.8, 4) is 0 Å². The highest BCUT2D eigenvalue weighted by Crippen LogP contribution is 1.84. The Morgan fingerprint density at radius 1 is 1.54 bits per heavy atom. The van der Waals surface area contributed by atoms with Crippen molar-refractivity contribution in [2.45, 2.75) is 26.3 Å². The number of ether oxygens (including phenoxy) is 1. The zero-order valence-corrected chi connectivity index (χ0v) is 8.00. The maximum Gasteiger partial charge on any atom is 0.302 e. The third kappa shape index (κ3) is 6.10. The minimum absolute atomic E-state index is 0.192. The van der Waals surface area contributed by atoms with Crippen LogP contribution in [0.3, 0.4) is 0 Å². The first-order valence-corrected chi connectivity index (χ1v) is 4.24. The average Bonchev–Trinajstić information content (AvgIpc) is 2.10. The number of hydrogen-bond donors (Lipinski definition) is 2. The highest BCUT2D eigenvalue weighted by atomic mass is 16.5. The molecular weight excluding hydrogens is 172 g/mol. The lowest BCUT2D eigenvalue weighted by molar-refractivity contribution is -0.141. The lowest BCUT2D eigenvalue weighted by Gasteiger charge is -2.09. The Morgan fingerprint density at radius 3 is 2.62 bits per heavy atom. The van der Waals surface area contributed by atoms with Crippen LogP contribution < -0.4 is 11.1 Å². The van der Waals surface area contributed by atoms with Crippen molar-refractivity contribution in [2.24, 2.45) is 5.73 Å². The van der Waals surface area contributed by atoms with Gasteiger partial charge in [-0.25, -0.2) is 0 Å². The summed E-state index contributed by atoms with van der Waals surface area (Å²) in [5.74, 6) is -0.566. The minimum Gasteiger partial charge on any atom is -0.464 e. The standard InChI is InChI=1S/C8H16N2O3/c1-3-7(9)8(12)10-4-5-13-6(2)11/h7H,3-5,9H2,1-2H3,(H,10,12)/t7-/m1/s1. The van der Waals surface area contributed by atoms with Crippen LogP contribution in [0.15, 0.2) is 0 Å². The molecule has 0 saturated carbocycles. The monoisotopic (exact) mass is 188 g/mol. The lowest BCUT2D eigenvalue weighted by atomic mass is 10.2. The highest BCUT2D eigenvalue weighted by Gasteiger charge is 2.09. The smallest absolute Gasteiger partial charge is 0.302 e. The second-order valence-electron chi connectivity index (χ2n) is 2.65. The third-order valence-electron chi connectivity index (χ3n) is 1.48. The number of carbonyl (C=O) groups is 2. The molecule has 0 aliphatic carbocycles. The number of carbonyl (C=O) groups excluding carboxylic acids is 2. The fourth-order valence-electron chi connectivity index (χ4n) is 0.685. The predicted molar refractivity (Wildman–Crippen MR) is 47.9 cm³/mol. The second-order valence-corrected chi connectivity index (χ2v) is 2.65. The summed E-state index contributed by atoms with van der Waals surface area (Å²) in [6.07, 6.45) is 0.597. The molecule has 0 fully saturated rings. The molecule has 0 radical (unpaired) electrons. The first-order valence-electron chi connectivity index (χ1n) is 4.24. The Kier molecular flexibility index (Phi) is 5.88. The number of rotatable bonds is 5. The van der Waals surface area contributed by atoms with Crippen molar-refractivity contribution >= 4 is 11.9 Å². The van der Waals surface area contributed by atoms with Gasteiger partial charge in [-0.1, -0.05) is 6.92 Å². The second kappa shape index (κ2) is 6.42. The van der Waals surface area contributed by atoms with Gasteiger partial charge in [0.2, 0.25) is 5.91 Å². The molecule has 0 rings (SSSR count). The summed E-state index contributed by atoms with van der Waals surface area (Å²) < 4.78 is 4.61. The van der Waals surface area contributed by atoms with Crippen LogP contribution in [0.5, 0.6) is 0 Å². The summed E-state index contributed by atoms with van der Waals surface area (Å²) in [7, 11) is 0. The maximum atomic E-state index is 11.0. The van der Waals surface area contributed by atoms with Crippen LogP contribution in [-0.4, -0.2) is 31.1 Å². The van der Waals surface area contributed by atoms with Gasteiger partial charge in [0.15, 0.2) is 0 Å². The van der Waals surface area contributed by atoms with Crippen LogP contribution in [-0.2, 0) is 14.3 Å². The molecule has 0 spiro atoms. The molecule has 1 amide bonds. The Hall–Kier alpha value is -1.10. The van der Waals surface area contributed by atoms with Crippen molar-refractivity contribution in [3.63, 3.8) is 0 Å². The minimum atomic E-state index is -0.475. The molecule has 13 heavy (non-hydrogen) atoms. The molecule has 1 atom stereocenters. The molecule has 0 aromatic rings. The van der Waals surface area contributed by atoms with Gasteiger partial charge in [-0.2, -0.15) is 0 Å². The van der Waals surface area contributed by atoms with E-state index in [-0.39, 0.29) is 18.5 Å². The topological polar surface area (TPSA) is 81.4 Å². The summed E-state index contributed by atoms with van der Waals surface area (Å²) in [6.45, 7) is 3.65. The Bertz CT molecular complexity index is 182. The number of amides is 1. The van der Waals surface area contributed by atoms with E-state index in [2.05, 4.69) is 10.1 Å². The van der Waals surface area contributed by atoms with E-state index in [1.54, 1.807) is 0 Å². The molecular formula is C8H16N2O3. The van der Waals surface area contributed by atoms with Crippen LogP contribution in [0.2, 0.25) is 0 Å². The van der Waals surface area contributed by atoms with Crippen molar-refractivity contribution in [1.82, 2.24) is 5.32 Å². The van der Waals surface area contributed by atoms with Gasteiger partial charge >= 0.3 is 5.97 Å². The zero-order chi connectivity index (χ0) is 10.3. The van der Waals surface area contributed by atoms with Gasteiger partial charge in [0.25, 0.3) is 0 Å². The SMILES string of the molecule is CC[C@@H](N)C(=O)NCCOC(C)=O. The molecule has 5 heteroatoms. The molecule has 0 aromatic carbocycles. The average molecular weight is 188 g/mol. The van der Waals surface area contributed by atoms with Crippen molar-refractivity contribution in [3.05, 3.63) is 0 Å². The van der Waals surface area contributed by atoms with Crippen LogP contribution in [0, 0.1) is 0 Å². The van der Waals surface area contributed by atoms with Gasteiger partial charge in [-0.3, -0.25) is 9.59 Å². The van der Waals surface area contributed by atoms with Crippen LogP contribution in [0.4, 0.5) is 0 Å². The first kappa shape index (κ1) is 11.9. The van der Waals surface area contributed by atoms with Gasteiger partial charge in [0, 0.05) is 6.92 Å². The summed E-state index contributed by atoms with van der Waals surface area (Å²) in [5.41, 5.74) is 5.44. The number of nitrogens with one attached hydrogen (secondary N) is 1. The molecule has 0 aromatic heterocycles. The van der Waals surface area contributed by atoms with Gasteiger partial charge < -0.3 is 15.8 Å². The third-order valence-corrected chi connectivity index (χ3v) is 1.48. The molecule has 76 valence electrons. The van der Waals surface area contributed by atoms with E-state index in [1.807, 2.05) is 6.92 Å². The summed E-state index contributed by atoms with van der Waals surface area (Å²) in [6, 6.07) is -0.475. The summed E-state index contributed by atoms with van der Waals surface area (Å²) in [5, 5.41) is 2.55. The van der Waals surface area contributed by atoms with Gasteiger partial charge in [0.05, 0.1) is 12.6 Å². The summed E-state index contributed by atoms with van der Waals surface area (Å²) in [4.78, 5) is 21.4. The maximum absolute atomic E-state index is 11.0.